The van der Waals surface area contributed by atoms with E-state index in [4.69, 9.17) is 15.0 Å². The van der Waals surface area contributed by atoms with Gasteiger partial charge >= 0.3 is 0 Å². The van der Waals surface area contributed by atoms with Gasteiger partial charge in [-0.05, 0) is 71.8 Å². The van der Waals surface area contributed by atoms with E-state index in [0.29, 0.717) is 17.6 Å². The second-order valence-electron chi connectivity index (χ2n) is 16.0. The Labute approximate surface area is 362 Å². The molecule has 0 saturated carbocycles. The molecule has 0 aliphatic heterocycles. The summed E-state index contributed by atoms with van der Waals surface area (Å²) in [6.07, 6.45) is 0. The first kappa shape index (κ1) is 35.2. The summed E-state index contributed by atoms with van der Waals surface area (Å²) in [6, 6.07) is 77.4. The maximum Gasteiger partial charge on any atom is 0.238 e. The minimum Gasteiger partial charge on any atom is -0.309 e. The topological polar surface area (TPSA) is 53.5 Å². The SMILES string of the molecule is c1ccc(-c2nc(-c3ccccc3)nc(-n3c4ccccc4c4c(-c5cccc6c5c5ccccc5n6-c5ccc(-n6c7ccccc7c7ccccc76)cc5)cccc43)n2)cc1. The van der Waals surface area contributed by atoms with Crippen LogP contribution in [-0.4, -0.2) is 28.7 Å². The Morgan fingerprint density at radius 1 is 0.254 bits per heavy atom. The summed E-state index contributed by atoms with van der Waals surface area (Å²) < 4.78 is 6.99. The lowest BCUT2D eigenvalue weighted by Crippen LogP contribution is -2.06. The first-order valence-electron chi connectivity index (χ1n) is 21.3. The van der Waals surface area contributed by atoms with Crippen molar-refractivity contribution >= 4 is 65.4 Å². The standard InChI is InChI=1S/C57H36N6/c1-3-17-37(18-4-1)55-58-56(38-19-5-2-6-20-38)60-57(59-55)63-50-30-14-10-24-46(50)54-44(26-16-32-52(54)63)43-25-15-31-51-53(43)45-23-9-13-29-49(45)62(51)40-35-33-39(34-36-40)61-47-27-11-7-21-41(47)42-22-8-12-28-48(42)61/h1-36H. The number of aromatic nitrogens is 6. The number of benzene rings is 9. The van der Waals surface area contributed by atoms with Crippen molar-refractivity contribution in [2.24, 2.45) is 0 Å². The molecule has 9 aromatic carbocycles. The number of hydrogen-bond donors (Lipinski definition) is 0. The third-order valence-corrected chi connectivity index (χ3v) is 12.5. The van der Waals surface area contributed by atoms with Crippen LogP contribution in [-0.2, 0) is 0 Å². The Morgan fingerprint density at radius 3 is 1.08 bits per heavy atom. The van der Waals surface area contributed by atoms with Gasteiger partial charge in [0, 0.05) is 54.8 Å². The van der Waals surface area contributed by atoms with Crippen LogP contribution in [0.5, 0.6) is 0 Å². The van der Waals surface area contributed by atoms with E-state index >= 15 is 0 Å². The predicted octanol–water partition coefficient (Wildman–Crippen LogP) is 14.2. The van der Waals surface area contributed by atoms with Crippen LogP contribution in [0.1, 0.15) is 0 Å². The summed E-state index contributed by atoms with van der Waals surface area (Å²) in [5.41, 5.74) is 13.2. The van der Waals surface area contributed by atoms with E-state index in [1.54, 1.807) is 0 Å². The lowest BCUT2D eigenvalue weighted by Gasteiger charge is -2.12. The van der Waals surface area contributed by atoms with Crippen LogP contribution in [0.25, 0.3) is 117 Å². The van der Waals surface area contributed by atoms with E-state index in [2.05, 4.69) is 196 Å². The molecule has 0 bridgehead atoms. The van der Waals surface area contributed by atoms with Crippen molar-refractivity contribution < 1.29 is 0 Å². The zero-order valence-corrected chi connectivity index (χ0v) is 34.0. The van der Waals surface area contributed by atoms with Crippen molar-refractivity contribution in [1.82, 2.24) is 28.7 Å². The second kappa shape index (κ2) is 14.0. The molecule has 4 heterocycles. The van der Waals surface area contributed by atoms with Crippen LogP contribution < -0.4 is 0 Å². The summed E-state index contributed by atoms with van der Waals surface area (Å²) >= 11 is 0. The highest BCUT2D eigenvalue weighted by Gasteiger charge is 2.23. The number of hydrogen-bond acceptors (Lipinski definition) is 3. The summed E-state index contributed by atoms with van der Waals surface area (Å²) in [5.74, 6) is 1.83. The Morgan fingerprint density at radius 2 is 0.603 bits per heavy atom. The van der Waals surface area contributed by atoms with Gasteiger partial charge < -0.3 is 9.13 Å². The van der Waals surface area contributed by atoms with Crippen molar-refractivity contribution in [3.8, 4) is 51.2 Å². The fraction of sp³-hybridized carbons (Fsp3) is 0. The smallest absolute Gasteiger partial charge is 0.238 e. The largest absolute Gasteiger partial charge is 0.309 e. The average Bonchev–Trinajstić information content (AvgIpc) is 4.01. The summed E-state index contributed by atoms with van der Waals surface area (Å²) in [6.45, 7) is 0. The van der Waals surface area contributed by atoms with Gasteiger partial charge in [0.1, 0.15) is 0 Å². The first-order valence-corrected chi connectivity index (χ1v) is 21.3. The molecule has 6 nitrogen and oxygen atoms in total. The van der Waals surface area contributed by atoms with E-state index in [9.17, 15) is 0 Å². The highest BCUT2D eigenvalue weighted by Crippen LogP contribution is 2.44. The summed E-state index contributed by atoms with van der Waals surface area (Å²) in [5, 5.41) is 7.21. The zero-order chi connectivity index (χ0) is 41.4. The highest BCUT2D eigenvalue weighted by atomic mass is 15.2. The van der Waals surface area contributed by atoms with Crippen molar-refractivity contribution in [2.45, 2.75) is 0 Å². The molecule has 4 aromatic heterocycles. The minimum atomic E-state index is 0.574. The van der Waals surface area contributed by atoms with Gasteiger partial charge in [0.05, 0.1) is 33.1 Å². The fourth-order valence-electron chi connectivity index (χ4n) is 9.83. The Balaban J connectivity index is 1.02. The molecule has 294 valence electrons. The Kier molecular flexibility index (Phi) is 7.80. The molecule has 13 rings (SSSR count). The van der Waals surface area contributed by atoms with Gasteiger partial charge in [0.2, 0.25) is 5.95 Å². The van der Waals surface area contributed by atoms with Crippen LogP contribution in [0.4, 0.5) is 0 Å². The molecule has 0 radical (unpaired) electrons. The number of para-hydroxylation sites is 4. The number of nitrogens with zero attached hydrogens (tertiary/aromatic N) is 6. The van der Waals surface area contributed by atoms with Crippen LogP contribution >= 0.6 is 0 Å². The number of rotatable bonds is 6. The molecular weight excluding hydrogens is 769 g/mol. The van der Waals surface area contributed by atoms with Gasteiger partial charge in [0.15, 0.2) is 11.6 Å². The first-order chi connectivity index (χ1) is 31.3. The molecule has 0 fully saturated rings. The van der Waals surface area contributed by atoms with Crippen molar-refractivity contribution in [3.05, 3.63) is 218 Å². The van der Waals surface area contributed by atoms with E-state index in [1.165, 1.54) is 38.1 Å². The molecule has 63 heavy (non-hydrogen) atoms. The normalized spacial score (nSPS) is 11.8. The van der Waals surface area contributed by atoms with Gasteiger partial charge in [-0.15, -0.1) is 0 Å². The van der Waals surface area contributed by atoms with Crippen LogP contribution in [0, 0.1) is 0 Å². The van der Waals surface area contributed by atoms with Crippen LogP contribution in [0.2, 0.25) is 0 Å². The van der Waals surface area contributed by atoms with Gasteiger partial charge in [-0.3, -0.25) is 4.57 Å². The molecule has 0 spiro atoms. The van der Waals surface area contributed by atoms with Crippen LogP contribution in [0.15, 0.2) is 218 Å². The fourth-order valence-corrected chi connectivity index (χ4v) is 9.83. The molecule has 0 aliphatic rings. The predicted molar refractivity (Wildman–Crippen MR) is 259 cm³/mol. The number of fused-ring (bicyclic) bond motifs is 9. The minimum absolute atomic E-state index is 0.574. The monoisotopic (exact) mass is 804 g/mol. The van der Waals surface area contributed by atoms with Gasteiger partial charge in [0.25, 0.3) is 0 Å². The van der Waals surface area contributed by atoms with Crippen LogP contribution in [0.3, 0.4) is 0 Å². The maximum atomic E-state index is 5.19. The molecule has 0 aliphatic carbocycles. The zero-order valence-electron chi connectivity index (χ0n) is 34.0. The average molecular weight is 805 g/mol. The quantitative estimate of drug-likeness (QED) is 0.168. The highest BCUT2D eigenvalue weighted by molar-refractivity contribution is 6.22. The van der Waals surface area contributed by atoms with E-state index in [0.717, 1.165) is 60.9 Å². The third-order valence-electron chi connectivity index (χ3n) is 12.5. The molecule has 0 saturated heterocycles. The lowest BCUT2D eigenvalue weighted by atomic mass is 9.95. The second-order valence-corrected chi connectivity index (χ2v) is 16.0. The van der Waals surface area contributed by atoms with E-state index in [-0.39, 0.29) is 0 Å². The molecule has 0 amide bonds. The van der Waals surface area contributed by atoms with E-state index < -0.39 is 0 Å². The molecule has 6 heteroatoms. The molecular formula is C57H36N6. The maximum absolute atomic E-state index is 5.19. The van der Waals surface area contributed by atoms with Gasteiger partial charge in [-0.2, -0.15) is 9.97 Å². The lowest BCUT2D eigenvalue weighted by molar-refractivity contribution is 0.953. The van der Waals surface area contributed by atoms with E-state index in [1.807, 2.05) is 36.4 Å². The van der Waals surface area contributed by atoms with Crippen molar-refractivity contribution in [3.63, 3.8) is 0 Å². The van der Waals surface area contributed by atoms with Gasteiger partial charge in [-0.25, -0.2) is 4.98 Å². The van der Waals surface area contributed by atoms with Crippen molar-refractivity contribution in [1.29, 1.82) is 0 Å². The van der Waals surface area contributed by atoms with Crippen molar-refractivity contribution in [2.75, 3.05) is 0 Å². The molecule has 0 N–H and O–H groups in total. The Bertz CT molecular complexity index is 3790. The summed E-state index contributed by atoms with van der Waals surface area (Å²) in [7, 11) is 0. The molecule has 0 unspecified atom stereocenters. The Hall–Kier alpha value is -8.61. The summed E-state index contributed by atoms with van der Waals surface area (Å²) in [4.78, 5) is 15.4. The molecule has 13 aromatic rings. The molecule has 0 atom stereocenters. The van der Waals surface area contributed by atoms with Gasteiger partial charge in [-0.1, -0.05) is 158 Å². The third kappa shape index (κ3) is 5.41.